The Morgan fingerprint density at radius 1 is 1.65 bits per heavy atom. The van der Waals surface area contributed by atoms with Crippen molar-refractivity contribution < 1.29 is 9.59 Å². The first-order chi connectivity index (χ1) is 8.08. The van der Waals surface area contributed by atoms with Crippen molar-refractivity contribution in [3.8, 4) is 0 Å². The zero-order valence-electron chi connectivity index (χ0n) is 9.71. The van der Waals surface area contributed by atoms with Crippen molar-refractivity contribution in [1.82, 2.24) is 14.3 Å². The van der Waals surface area contributed by atoms with Gasteiger partial charge < -0.3 is 10.2 Å². The van der Waals surface area contributed by atoms with Gasteiger partial charge in [0.25, 0.3) is 0 Å². The minimum absolute atomic E-state index is 0.0393. The highest BCUT2D eigenvalue weighted by Crippen LogP contribution is 2.21. The van der Waals surface area contributed by atoms with Gasteiger partial charge >= 0.3 is 0 Å². The standard InChI is InChI=1S/C10H14N4O2S/c1-6(2)14-4-7(3-8(14)15)9(16)13-10-11-5-12-17-10/h5-7H,3-4H2,1-2H3,(H,11,12,13,16). The molecule has 0 aromatic carbocycles. The Morgan fingerprint density at radius 3 is 2.94 bits per heavy atom. The third-order valence-corrected chi connectivity index (χ3v) is 3.32. The van der Waals surface area contributed by atoms with Gasteiger partial charge in [0.1, 0.15) is 6.33 Å². The van der Waals surface area contributed by atoms with Crippen LogP contribution in [0.3, 0.4) is 0 Å². The average molecular weight is 254 g/mol. The molecule has 2 rings (SSSR count). The van der Waals surface area contributed by atoms with E-state index in [0.717, 1.165) is 11.5 Å². The molecule has 2 heterocycles. The highest BCUT2D eigenvalue weighted by atomic mass is 32.1. The highest BCUT2D eigenvalue weighted by molar-refractivity contribution is 7.09. The van der Waals surface area contributed by atoms with Crippen LogP contribution in [0.2, 0.25) is 0 Å². The van der Waals surface area contributed by atoms with E-state index in [-0.39, 0.29) is 30.2 Å². The molecule has 7 heteroatoms. The smallest absolute Gasteiger partial charge is 0.231 e. The number of carbonyl (C=O) groups is 2. The van der Waals surface area contributed by atoms with Crippen molar-refractivity contribution >= 4 is 28.5 Å². The number of nitrogens with one attached hydrogen (secondary N) is 1. The Hall–Kier alpha value is -1.50. The topological polar surface area (TPSA) is 75.2 Å². The number of aromatic nitrogens is 2. The van der Waals surface area contributed by atoms with Crippen molar-refractivity contribution in [2.24, 2.45) is 5.92 Å². The molecule has 0 saturated carbocycles. The lowest BCUT2D eigenvalue weighted by Gasteiger charge is -2.20. The lowest BCUT2D eigenvalue weighted by Crippen LogP contribution is -2.33. The van der Waals surface area contributed by atoms with Crippen molar-refractivity contribution in [1.29, 1.82) is 0 Å². The summed E-state index contributed by atoms with van der Waals surface area (Å²) in [7, 11) is 0. The third-order valence-electron chi connectivity index (χ3n) is 2.74. The normalized spacial score (nSPS) is 20.1. The molecule has 0 radical (unpaired) electrons. The fraction of sp³-hybridized carbons (Fsp3) is 0.600. The maximum atomic E-state index is 11.9. The maximum absolute atomic E-state index is 11.9. The van der Waals surface area contributed by atoms with Crippen LogP contribution in [-0.4, -0.2) is 38.7 Å². The number of amides is 2. The van der Waals surface area contributed by atoms with Gasteiger partial charge in [-0.1, -0.05) is 0 Å². The van der Waals surface area contributed by atoms with E-state index in [4.69, 9.17) is 0 Å². The van der Waals surface area contributed by atoms with Gasteiger partial charge in [0.05, 0.1) is 5.92 Å². The van der Waals surface area contributed by atoms with E-state index < -0.39 is 0 Å². The fourth-order valence-electron chi connectivity index (χ4n) is 1.84. The summed E-state index contributed by atoms with van der Waals surface area (Å²) in [6, 6.07) is 0.141. The molecule has 1 fully saturated rings. The number of hydrogen-bond acceptors (Lipinski definition) is 5. The monoisotopic (exact) mass is 254 g/mol. The van der Waals surface area contributed by atoms with E-state index in [9.17, 15) is 9.59 Å². The van der Waals surface area contributed by atoms with Crippen LogP contribution in [0.4, 0.5) is 5.13 Å². The van der Waals surface area contributed by atoms with Gasteiger partial charge in [-0.3, -0.25) is 9.59 Å². The molecule has 0 aliphatic carbocycles. The molecular formula is C10H14N4O2S. The first-order valence-corrected chi connectivity index (χ1v) is 6.22. The molecule has 1 aromatic rings. The highest BCUT2D eigenvalue weighted by Gasteiger charge is 2.35. The molecule has 6 nitrogen and oxygen atoms in total. The average Bonchev–Trinajstić information content (AvgIpc) is 2.86. The second kappa shape index (κ2) is 4.79. The second-order valence-corrected chi connectivity index (χ2v) is 5.06. The van der Waals surface area contributed by atoms with E-state index in [2.05, 4.69) is 14.7 Å². The van der Waals surface area contributed by atoms with Crippen molar-refractivity contribution in [3.05, 3.63) is 6.33 Å². The SMILES string of the molecule is CC(C)N1CC(C(=O)Nc2ncns2)CC1=O. The molecule has 1 aliphatic heterocycles. The molecule has 0 spiro atoms. The number of carbonyl (C=O) groups excluding carboxylic acids is 2. The van der Waals surface area contributed by atoms with E-state index >= 15 is 0 Å². The van der Waals surface area contributed by atoms with E-state index in [1.807, 2.05) is 13.8 Å². The lowest BCUT2D eigenvalue weighted by molar-refractivity contribution is -0.129. The number of rotatable bonds is 3. The van der Waals surface area contributed by atoms with Crippen LogP contribution in [0, 0.1) is 5.92 Å². The van der Waals surface area contributed by atoms with Crippen LogP contribution >= 0.6 is 11.5 Å². The molecule has 0 bridgehead atoms. The van der Waals surface area contributed by atoms with Gasteiger partial charge in [-0.05, 0) is 13.8 Å². The summed E-state index contributed by atoms with van der Waals surface area (Å²) in [5, 5.41) is 3.15. The zero-order valence-corrected chi connectivity index (χ0v) is 10.5. The van der Waals surface area contributed by atoms with E-state index in [1.54, 1.807) is 4.90 Å². The maximum Gasteiger partial charge on any atom is 0.231 e. The van der Waals surface area contributed by atoms with Gasteiger partial charge in [-0.2, -0.15) is 4.37 Å². The van der Waals surface area contributed by atoms with Crippen LogP contribution < -0.4 is 5.32 Å². The number of likely N-dealkylation sites (tertiary alicyclic amines) is 1. The Morgan fingerprint density at radius 2 is 2.41 bits per heavy atom. The second-order valence-electron chi connectivity index (χ2n) is 4.28. The minimum Gasteiger partial charge on any atom is -0.339 e. The van der Waals surface area contributed by atoms with Crippen LogP contribution in [0.5, 0.6) is 0 Å². The molecule has 1 N–H and O–H groups in total. The quantitative estimate of drug-likeness (QED) is 0.863. The van der Waals surface area contributed by atoms with E-state index in [0.29, 0.717) is 11.7 Å². The summed E-state index contributed by atoms with van der Waals surface area (Å²) >= 11 is 1.13. The van der Waals surface area contributed by atoms with Crippen LogP contribution in [0.25, 0.3) is 0 Å². The molecule has 1 aromatic heterocycles. The van der Waals surface area contributed by atoms with Crippen molar-refractivity contribution in [2.75, 3.05) is 11.9 Å². The van der Waals surface area contributed by atoms with Crippen LogP contribution in [-0.2, 0) is 9.59 Å². The molecule has 1 aliphatic rings. The Bertz CT molecular complexity index is 418. The molecule has 2 amide bonds. The first-order valence-electron chi connectivity index (χ1n) is 5.45. The molecule has 92 valence electrons. The first kappa shape index (κ1) is 12.0. The lowest BCUT2D eigenvalue weighted by atomic mass is 10.1. The fourth-order valence-corrected chi connectivity index (χ4v) is 2.28. The van der Waals surface area contributed by atoms with Gasteiger partial charge in [-0.25, -0.2) is 4.98 Å². The number of nitrogens with zero attached hydrogens (tertiary/aromatic N) is 3. The van der Waals surface area contributed by atoms with Gasteiger partial charge in [0.15, 0.2) is 0 Å². The molecular weight excluding hydrogens is 240 g/mol. The van der Waals surface area contributed by atoms with Gasteiger partial charge in [0, 0.05) is 30.5 Å². The predicted octanol–water partition coefficient (Wildman–Crippen LogP) is 0.733. The molecule has 1 saturated heterocycles. The molecule has 17 heavy (non-hydrogen) atoms. The van der Waals surface area contributed by atoms with Gasteiger partial charge in [0.2, 0.25) is 16.9 Å². The Balaban J connectivity index is 1.96. The van der Waals surface area contributed by atoms with Crippen LogP contribution in [0.1, 0.15) is 20.3 Å². The summed E-state index contributed by atoms with van der Waals surface area (Å²) in [6.07, 6.45) is 1.67. The molecule has 1 unspecified atom stereocenters. The Labute approximate surface area is 103 Å². The van der Waals surface area contributed by atoms with Gasteiger partial charge in [-0.15, -0.1) is 0 Å². The summed E-state index contributed by atoms with van der Waals surface area (Å²) in [5.41, 5.74) is 0. The summed E-state index contributed by atoms with van der Waals surface area (Å²) in [4.78, 5) is 29.1. The summed E-state index contributed by atoms with van der Waals surface area (Å²) in [6.45, 7) is 4.38. The number of hydrogen-bond donors (Lipinski definition) is 1. The summed E-state index contributed by atoms with van der Waals surface area (Å²) < 4.78 is 3.80. The zero-order chi connectivity index (χ0) is 12.4. The largest absolute Gasteiger partial charge is 0.339 e. The number of anilines is 1. The van der Waals surface area contributed by atoms with Crippen molar-refractivity contribution in [2.45, 2.75) is 26.3 Å². The van der Waals surface area contributed by atoms with Crippen molar-refractivity contribution in [3.63, 3.8) is 0 Å². The predicted molar refractivity (Wildman–Crippen MR) is 63.5 cm³/mol. The van der Waals surface area contributed by atoms with E-state index in [1.165, 1.54) is 6.33 Å². The Kier molecular flexibility index (Phi) is 3.37. The van der Waals surface area contributed by atoms with Crippen LogP contribution in [0.15, 0.2) is 6.33 Å². The summed E-state index contributed by atoms with van der Waals surface area (Å²) in [5.74, 6) is -0.399. The third kappa shape index (κ3) is 2.60. The molecule has 1 atom stereocenters. The minimum atomic E-state index is -0.284.